The van der Waals surface area contributed by atoms with Gasteiger partial charge in [-0.25, -0.2) is 0 Å². The predicted octanol–water partition coefficient (Wildman–Crippen LogP) is 2.17. The predicted molar refractivity (Wildman–Crippen MR) is 93.6 cm³/mol. The van der Waals surface area contributed by atoms with E-state index in [1.165, 1.54) is 11.0 Å². The zero-order valence-corrected chi connectivity index (χ0v) is 14.4. The van der Waals surface area contributed by atoms with E-state index in [4.69, 9.17) is 9.47 Å². The molecule has 2 aromatic rings. The summed E-state index contributed by atoms with van der Waals surface area (Å²) in [7, 11) is 0. The Balaban J connectivity index is 1.36. The number of rotatable bonds is 4. The fourth-order valence-electron chi connectivity index (χ4n) is 3.00. The van der Waals surface area contributed by atoms with Crippen LogP contribution in [0, 0.1) is 21.8 Å². The quantitative estimate of drug-likeness (QED) is 0.636. The van der Waals surface area contributed by atoms with E-state index in [1.54, 1.807) is 18.2 Å². The smallest absolute Gasteiger partial charge is 0.306 e. The molecule has 0 bridgehead atoms. The molecule has 0 radical (unpaired) electrons. The van der Waals surface area contributed by atoms with Crippen LogP contribution < -0.4 is 14.8 Å². The van der Waals surface area contributed by atoms with Gasteiger partial charge in [0.1, 0.15) is 0 Å². The first-order valence-electron chi connectivity index (χ1n) is 8.36. The van der Waals surface area contributed by atoms with E-state index in [2.05, 4.69) is 5.32 Å². The summed E-state index contributed by atoms with van der Waals surface area (Å²) in [5.41, 5.74) is -0.165. The number of hydrogen-bond acceptors (Lipinski definition) is 6. The van der Waals surface area contributed by atoms with Gasteiger partial charge in [0.25, 0.3) is 5.91 Å². The fraction of sp³-hybridized carbons (Fsp3) is 0.222. The standard InChI is InChI=1S/C18H14FN3O6/c19-13-3-2-12(6-14(13)22(25)26)20-17(23)11-7-21(8-11)18(24)10-1-4-15-16(5-10)28-9-27-15/h1-6,11H,7-9H2,(H,20,23). The van der Waals surface area contributed by atoms with Crippen LogP contribution >= 0.6 is 0 Å². The van der Waals surface area contributed by atoms with E-state index < -0.39 is 28.3 Å². The molecule has 0 aromatic heterocycles. The maximum absolute atomic E-state index is 13.4. The monoisotopic (exact) mass is 387 g/mol. The normalized spacial score (nSPS) is 15.1. The van der Waals surface area contributed by atoms with Gasteiger partial charge < -0.3 is 19.7 Å². The second-order valence-electron chi connectivity index (χ2n) is 6.39. The van der Waals surface area contributed by atoms with E-state index in [0.717, 1.165) is 12.1 Å². The third-order valence-corrected chi connectivity index (χ3v) is 4.57. The number of nitro benzene ring substituents is 1. The van der Waals surface area contributed by atoms with Crippen molar-refractivity contribution in [3.05, 3.63) is 57.9 Å². The van der Waals surface area contributed by atoms with Crippen LogP contribution in [0.2, 0.25) is 0 Å². The number of likely N-dealkylation sites (tertiary alicyclic amines) is 1. The number of fused-ring (bicyclic) bond motifs is 1. The highest BCUT2D eigenvalue weighted by Crippen LogP contribution is 2.33. The molecule has 144 valence electrons. The Kier molecular flexibility index (Phi) is 4.30. The van der Waals surface area contributed by atoms with Crippen LogP contribution in [-0.2, 0) is 4.79 Å². The molecule has 2 aliphatic heterocycles. The lowest BCUT2D eigenvalue weighted by Crippen LogP contribution is -2.54. The van der Waals surface area contributed by atoms with E-state index >= 15 is 0 Å². The SMILES string of the molecule is O=C(Nc1ccc(F)c([N+](=O)[O-])c1)C1CN(C(=O)c2ccc3c(c2)OCO3)C1. The summed E-state index contributed by atoms with van der Waals surface area (Å²) < 4.78 is 23.8. The molecule has 0 spiro atoms. The summed E-state index contributed by atoms with van der Waals surface area (Å²) in [5, 5.41) is 13.3. The first kappa shape index (κ1) is 17.7. The molecule has 4 rings (SSSR count). The summed E-state index contributed by atoms with van der Waals surface area (Å²) in [4.78, 5) is 36.2. The van der Waals surface area contributed by atoms with Crippen LogP contribution in [-0.4, -0.2) is 41.5 Å². The van der Waals surface area contributed by atoms with E-state index in [0.29, 0.717) is 17.1 Å². The Morgan fingerprint density at radius 1 is 1.14 bits per heavy atom. The number of nitrogens with zero attached hydrogens (tertiary/aromatic N) is 2. The van der Waals surface area contributed by atoms with Gasteiger partial charge in [-0.05, 0) is 30.3 Å². The number of hydrogen-bond donors (Lipinski definition) is 1. The van der Waals surface area contributed by atoms with Crippen molar-refractivity contribution in [2.24, 2.45) is 5.92 Å². The van der Waals surface area contributed by atoms with Crippen LogP contribution in [0.25, 0.3) is 0 Å². The van der Waals surface area contributed by atoms with Gasteiger partial charge in [-0.3, -0.25) is 19.7 Å². The zero-order valence-electron chi connectivity index (χ0n) is 14.4. The minimum Gasteiger partial charge on any atom is -0.454 e. The van der Waals surface area contributed by atoms with Crippen molar-refractivity contribution in [1.29, 1.82) is 0 Å². The van der Waals surface area contributed by atoms with Crippen LogP contribution in [0.4, 0.5) is 15.8 Å². The number of nitro groups is 1. The van der Waals surface area contributed by atoms with Crippen molar-refractivity contribution >= 4 is 23.2 Å². The molecule has 0 unspecified atom stereocenters. The van der Waals surface area contributed by atoms with Crippen molar-refractivity contribution in [2.75, 3.05) is 25.2 Å². The second kappa shape index (κ2) is 6.80. The van der Waals surface area contributed by atoms with Gasteiger partial charge >= 0.3 is 5.69 Å². The van der Waals surface area contributed by atoms with Gasteiger partial charge in [-0.2, -0.15) is 4.39 Å². The Labute approximate surface area is 157 Å². The average molecular weight is 387 g/mol. The van der Waals surface area contributed by atoms with Crippen LogP contribution in [0.5, 0.6) is 11.5 Å². The first-order valence-corrected chi connectivity index (χ1v) is 8.36. The minimum absolute atomic E-state index is 0.112. The Bertz CT molecular complexity index is 989. The Morgan fingerprint density at radius 3 is 2.64 bits per heavy atom. The van der Waals surface area contributed by atoms with Gasteiger partial charge in [0.15, 0.2) is 11.5 Å². The molecule has 2 amide bonds. The molecule has 2 aromatic carbocycles. The lowest BCUT2D eigenvalue weighted by atomic mass is 9.97. The lowest BCUT2D eigenvalue weighted by molar-refractivity contribution is -0.387. The molecular weight excluding hydrogens is 373 g/mol. The van der Waals surface area contributed by atoms with Crippen LogP contribution in [0.15, 0.2) is 36.4 Å². The largest absolute Gasteiger partial charge is 0.454 e. The lowest BCUT2D eigenvalue weighted by Gasteiger charge is -2.38. The van der Waals surface area contributed by atoms with Gasteiger partial charge in [-0.1, -0.05) is 0 Å². The van der Waals surface area contributed by atoms with Gasteiger partial charge in [0, 0.05) is 30.4 Å². The molecule has 0 atom stereocenters. The van der Waals surface area contributed by atoms with Crippen molar-refractivity contribution in [3.63, 3.8) is 0 Å². The van der Waals surface area contributed by atoms with Crippen molar-refractivity contribution < 1.29 is 28.4 Å². The van der Waals surface area contributed by atoms with Gasteiger partial charge in [0.2, 0.25) is 18.5 Å². The Hall–Kier alpha value is -3.69. The maximum atomic E-state index is 13.4. The molecule has 1 saturated heterocycles. The number of carbonyl (C=O) groups is 2. The summed E-state index contributed by atoms with van der Waals surface area (Å²) in [5.74, 6) is -0.992. The first-order chi connectivity index (χ1) is 13.4. The summed E-state index contributed by atoms with van der Waals surface area (Å²) in [6.07, 6.45) is 0. The topological polar surface area (TPSA) is 111 Å². The van der Waals surface area contributed by atoms with Crippen molar-refractivity contribution in [1.82, 2.24) is 4.90 Å². The third-order valence-electron chi connectivity index (χ3n) is 4.57. The molecular formula is C18H14FN3O6. The summed E-state index contributed by atoms with van der Waals surface area (Å²) >= 11 is 0. The number of halogens is 1. The fourth-order valence-corrected chi connectivity index (χ4v) is 3.00. The maximum Gasteiger partial charge on any atom is 0.306 e. The van der Waals surface area contributed by atoms with Gasteiger partial charge in [0.05, 0.1) is 10.8 Å². The number of carbonyl (C=O) groups excluding carboxylic acids is 2. The van der Waals surface area contributed by atoms with E-state index in [-0.39, 0.29) is 31.5 Å². The summed E-state index contributed by atoms with van der Waals surface area (Å²) in [6.45, 7) is 0.533. The molecule has 1 fully saturated rings. The zero-order chi connectivity index (χ0) is 19.8. The van der Waals surface area contributed by atoms with Crippen LogP contribution in [0.3, 0.4) is 0 Å². The number of anilines is 1. The van der Waals surface area contributed by atoms with Crippen molar-refractivity contribution in [2.45, 2.75) is 0 Å². The second-order valence-corrected chi connectivity index (χ2v) is 6.39. The number of nitrogens with one attached hydrogen (secondary N) is 1. The highest BCUT2D eigenvalue weighted by Gasteiger charge is 2.36. The third kappa shape index (κ3) is 3.20. The van der Waals surface area contributed by atoms with E-state index in [9.17, 15) is 24.1 Å². The Morgan fingerprint density at radius 2 is 1.89 bits per heavy atom. The number of ether oxygens (including phenoxy) is 2. The van der Waals surface area contributed by atoms with E-state index in [1.807, 2.05) is 0 Å². The molecule has 10 heteroatoms. The highest BCUT2D eigenvalue weighted by atomic mass is 19.1. The molecule has 2 heterocycles. The summed E-state index contributed by atoms with van der Waals surface area (Å²) in [6, 6.07) is 8.00. The molecule has 0 aliphatic carbocycles. The minimum atomic E-state index is -0.979. The highest BCUT2D eigenvalue weighted by molar-refractivity contribution is 5.99. The van der Waals surface area contributed by atoms with Gasteiger partial charge in [-0.15, -0.1) is 0 Å². The molecule has 1 N–H and O–H groups in total. The van der Waals surface area contributed by atoms with Crippen LogP contribution in [0.1, 0.15) is 10.4 Å². The number of benzene rings is 2. The molecule has 9 nitrogen and oxygen atoms in total. The molecule has 0 saturated carbocycles. The molecule has 28 heavy (non-hydrogen) atoms. The molecule has 2 aliphatic rings. The van der Waals surface area contributed by atoms with Crippen molar-refractivity contribution in [3.8, 4) is 11.5 Å². The average Bonchev–Trinajstić information content (AvgIpc) is 3.09. The number of amides is 2.